The average molecular weight is 313 g/mol. The Bertz CT molecular complexity index is 894. The molecule has 3 aromatic heterocycles. The maximum absolute atomic E-state index is 5.93. The van der Waals surface area contributed by atoms with Gasteiger partial charge in [0.2, 0.25) is 11.6 Å². The normalized spacial score (nSPS) is 11.0. The lowest BCUT2D eigenvalue weighted by Gasteiger charge is -2.04. The summed E-state index contributed by atoms with van der Waals surface area (Å²) in [6.45, 7) is 0. The van der Waals surface area contributed by atoms with Crippen molar-refractivity contribution in [3.8, 4) is 22.9 Å². The van der Waals surface area contributed by atoms with E-state index in [0.29, 0.717) is 16.7 Å². The smallest absolute Gasteiger partial charge is 0.245 e. The molecule has 0 aliphatic carbocycles. The molecule has 0 saturated carbocycles. The van der Waals surface area contributed by atoms with Crippen molar-refractivity contribution in [2.24, 2.45) is 0 Å². The second kappa shape index (κ2) is 5.12. The van der Waals surface area contributed by atoms with Crippen LogP contribution in [0.2, 0.25) is 5.02 Å². The van der Waals surface area contributed by atoms with Crippen molar-refractivity contribution in [3.63, 3.8) is 0 Å². The van der Waals surface area contributed by atoms with Gasteiger partial charge in [-0.3, -0.25) is 0 Å². The standard InChI is InChI=1S/C14H9ClN6O/c15-11-5-3-10(4-6-11)12-9-16-19-21(12)14-13(17-22-18-14)20-7-1-2-8-20/h1-9H. The average Bonchev–Trinajstić information content (AvgIpc) is 3.27. The monoisotopic (exact) mass is 312 g/mol. The number of hydrogen-bond donors (Lipinski definition) is 0. The molecule has 4 rings (SSSR count). The van der Waals surface area contributed by atoms with Crippen molar-refractivity contribution in [2.75, 3.05) is 0 Å². The van der Waals surface area contributed by atoms with Gasteiger partial charge in [0.25, 0.3) is 0 Å². The summed E-state index contributed by atoms with van der Waals surface area (Å²) in [5.41, 5.74) is 1.68. The van der Waals surface area contributed by atoms with Crippen molar-refractivity contribution in [3.05, 3.63) is 60.0 Å². The highest BCUT2D eigenvalue weighted by Crippen LogP contribution is 2.24. The van der Waals surface area contributed by atoms with E-state index in [1.807, 2.05) is 48.8 Å². The van der Waals surface area contributed by atoms with Gasteiger partial charge in [0.05, 0.1) is 11.9 Å². The number of aromatic nitrogens is 6. The zero-order valence-corrected chi connectivity index (χ0v) is 11.9. The molecule has 0 atom stereocenters. The van der Waals surface area contributed by atoms with E-state index in [-0.39, 0.29) is 0 Å². The van der Waals surface area contributed by atoms with Crippen molar-refractivity contribution in [1.82, 2.24) is 29.9 Å². The highest BCUT2D eigenvalue weighted by atomic mass is 35.5. The van der Waals surface area contributed by atoms with Crippen LogP contribution in [-0.4, -0.2) is 29.9 Å². The Morgan fingerprint density at radius 2 is 1.68 bits per heavy atom. The van der Waals surface area contributed by atoms with E-state index in [9.17, 15) is 0 Å². The molecule has 4 aromatic rings. The van der Waals surface area contributed by atoms with Crippen LogP contribution in [0.25, 0.3) is 22.9 Å². The molecule has 0 radical (unpaired) electrons. The molecule has 0 spiro atoms. The fraction of sp³-hybridized carbons (Fsp3) is 0. The second-order valence-electron chi connectivity index (χ2n) is 4.54. The SMILES string of the molecule is Clc1ccc(-c2cnnn2-c2nonc2-n2cccc2)cc1. The summed E-state index contributed by atoms with van der Waals surface area (Å²) in [7, 11) is 0. The van der Waals surface area contributed by atoms with Crippen LogP contribution < -0.4 is 0 Å². The van der Waals surface area contributed by atoms with Crippen molar-refractivity contribution >= 4 is 11.6 Å². The van der Waals surface area contributed by atoms with Gasteiger partial charge < -0.3 is 4.57 Å². The van der Waals surface area contributed by atoms with E-state index >= 15 is 0 Å². The number of benzene rings is 1. The predicted molar refractivity (Wildman–Crippen MR) is 79.0 cm³/mol. The molecular formula is C14H9ClN6O. The summed E-state index contributed by atoms with van der Waals surface area (Å²) >= 11 is 5.93. The summed E-state index contributed by atoms with van der Waals surface area (Å²) < 4.78 is 8.24. The molecule has 0 aliphatic rings. The molecule has 1 aromatic carbocycles. The Morgan fingerprint density at radius 3 is 2.45 bits per heavy atom. The minimum atomic E-state index is 0.457. The number of rotatable bonds is 3. The molecule has 3 heterocycles. The van der Waals surface area contributed by atoms with Crippen LogP contribution in [0.5, 0.6) is 0 Å². The van der Waals surface area contributed by atoms with Gasteiger partial charge in [-0.15, -0.1) is 5.10 Å². The minimum absolute atomic E-state index is 0.457. The quantitative estimate of drug-likeness (QED) is 0.581. The van der Waals surface area contributed by atoms with Gasteiger partial charge in [0.1, 0.15) is 0 Å². The van der Waals surface area contributed by atoms with Crippen LogP contribution >= 0.6 is 11.6 Å². The van der Waals surface area contributed by atoms with Gasteiger partial charge in [-0.2, -0.15) is 4.68 Å². The molecule has 108 valence electrons. The molecule has 0 unspecified atom stereocenters. The molecule has 22 heavy (non-hydrogen) atoms. The van der Waals surface area contributed by atoms with Gasteiger partial charge in [0, 0.05) is 23.0 Å². The maximum atomic E-state index is 5.93. The largest absolute Gasteiger partial charge is 0.303 e. The van der Waals surface area contributed by atoms with Crippen LogP contribution in [0.15, 0.2) is 59.6 Å². The first-order chi connectivity index (χ1) is 10.8. The van der Waals surface area contributed by atoms with Crippen molar-refractivity contribution in [1.29, 1.82) is 0 Å². The number of nitrogens with zero attached hydrogens (tertiary/aromatic N) is 6. The molecule has 8 heteroatoms. The summed E-state index contributed by atoms with van der Waals surface area (Å²) in [4.78, 5) is 0. The zero-order valence-electron chi connectivity index (χ0n) is 11.2. The highest BCUT2D eigenvalue weighted by molar-refractivity contribution is 6.30. The third-order valence-electron chi connectivity index (χ3n) is 3.19. The van der Waals surface area contributed by atoms with Crippen LogP contribution in [0.3, 0.4) is 0 Å². The zero-order chi connectivity index (χ0) is 14.9. The Balaban J connectivity index is 1.84. The third kappa shape index (κ3) is 2.08. The Labute approximate surface area is 129 Å². The number of hydrogen-bond acceptors (Lipinski definition) is 5. The minimum Gasteiger partial charge on any atom is -0.303 e. The van der Waals surface area contributed by atoms with E-state index in [0.717, 1.165) is 11.3 Å². The van der Waals surface area contributed by atoms with E-state index in [4.69, 9.17) is 16.2 Å². The van der Waals surface area contributed by atoms with Gasteiger partial charge in [-0.25, -0.2) is 4.63 Å². The van der Waals surface area contributed by atoms with Crippen molar-refractivity contribution in [2.45, 2.75) is 0 Å². The first-order valence-electron chi connectivity index (χ1n) is 6.46. The summed E-state index contributed by atoms with van der Waals surface area (Å²) in [6.07, 6.45) is 5.35. The predicted octanol–water partition coefficient (Wildman–Crippen LogP) is 2.76. The molecule has 7 nitrogen and oxygen atoms in total. The Hall–Kier alpha value is -2.93. The van der Waals surface area contributed by atoms with E-state index in [2.05, 4.69) is 20.6 Å². The third-order valence-corrected chi connectivity index (χ3v) is 3.45. The molecule has 0 bridgehead atoms. The Morgan fingerprint density at radius 1 is 0.955 bits per heavy atom. The fourth-order valence-corrected chi connectivity index (χ4v) is 2.29. The summed E-state index contributed by atoms with van der Waals surface area (Å²) in [5.74, 6) is 0.990. The first kappa shape index (κ1) is 12.8. The molecule has 0 aliphatic heterocycles. The Kier molecular flexibility index (Phi) is 2.97. The first-order valence-corrected chi connectivity index (χ1v) is 6.83. The lowest BCUT2D eigenvalue weighted by atomic mass is 10.2. The fourth-order valence-electron chi connectivity index (χ4n) is 2.16. The maximum Gasteiger partial charge on any atom is 0.245 e. The van der Waals surface area contributed by atoms with Crippen LogP contribution in [-0.2, 0) is 0 Å². The summed E-state index contributed by atoms with van der Waals surface area (Å²) in [5, 5.41) is 16.6. The molecule has 0 saturated heterocycles. The molecule has 0 N–H and O–H groups in total. The number of halogens is 1. The lowest BCUT2D eigenvalue weighted by molar-refractivity contribution is 0.304. The molecule has 0 amide bonds. The van der Waals surface area contributed by atoms with Crippen LogP contribution in [0.4, 0.5) is 0 Å². The van der Waals surface area contributed by atoms with Crippen molar-refractivity contribution < 1.29 is 4.63 Å². The van der Waals surface area contributed by atoms with Gasteiger partial charge >= 0.3 is 0 Å². The van der Waals surface area contributed by atoms with Gasteiger partial charge in [-0.05, 0) is 34.6 Å². The van der Waals surface area contributed by atoms with E-state index < -0.39 is 0 Å². The lowest BCUT2D eigenvalue weighted by Crippen LogP contribution is -2.04. The van der Waals surface area contributed by atoms with E-state index in [1.54, 1.807) is 15.4 Å². The molecule has 0 fully saturated rings. The highest BCUT2D eigenvalue weighted by Gasteiger charge is 2.18. The van der Waals surface area contributed by atoms with Crippen LogP contribution in [0, 0.1) is 0 Å². The van der Waals surface area contributed by atoms with Crippen LogP contribution in [0.1, 0.15) is 0 Å². The van der Waals surface area contributed by atoms with Gasteiger partial charge in [0.15, 0.2) is 0 Å². The summed E-state index contributed by atoms with van der Waals surface area (Å²) in [6, 6.07) is 11.2. The topological polar surface area (TPSA) is 74.6 Å². The second-order valence-corrected chi connectivity index (χ2v) is 4.98. The van der Waals surface area contributed by atoms with E-state index in [1.165, 1.54) is 0 Å². The van der Waals surface area contributed by atoms with Gasteiger partial charge in [-0.1, -0.05) is 28.9 Å². The molecular weight excluding hydrogens is 304 g/mol.